The molecule has 0 spiro atoms. The van der Waals surface area contributed by atoms with E-state index in [0.717, 1.165) is 18.2 Å². The minimum atomic E-state index is -3.44. The zero-order valence-corrected chi connectivity index (χ0v) is 11.1. The number of rotatable bonds is 5. The molecule has 1 N–H and O–H groups in total. The molecule has 0 radical (unpaired) electrons. The topological polar surface area (TPSA) is 59.1 Å². The summed E-state index contributed by atoms with van der Waals surface area (Å²) >= 11 is 0. The van der Waals surface area contributed by atoms with E-state index in [4.69, 9.17) is 0 Å². The molecule has 1 aromatic carbocycles. The van der Waals surface area contributed by atoms with E-state index < -0.39 is 10.0 Å². The van der Waals surface area contributed by atoms with Crippen molar-refractivity contribution < 1.29 is 8.42 Å². The standard InChI is InChI=1S/C13H16N2O2S/c1-2-3-8-15-18(16,17)13-6-4-5-11-10-14-9-7-12(11)13/h4-7,9-10,15H,2-3,8H2,1H3. The van der Waals surface area contributed by atoms with Crippen molar-refractivity contribution in [3.63, 3.8) is 0 Å². The van der Waals surface area contributed by atoms with Crippen LogP contribution in [0.5, 0.6) is 0 Å². The van der Waals surface area contributed by atoms with E-state index in [1.807, 2.05) is 13.0 Å². The quantitative estimate of drug-likeness (QED) is 0.843. The zero-order valence-electron chi connectivity index (χ0n) is 10.3. The Balaban J connectivity index is 2.41. The number of unbranched alkanes of at least 4 members (excludes halogenated alkanes) is 1. The molecular formula is C13H16N2O2S. The van der Waals surface area contributed by atoms with Crippen LogP contribution in [0.2, 0.25) is 0 Å². The van der Waals surface area contributed by atoms with Gasteiger partial charge in [-0.2, -0.15) is 0 Å². The second kappa shape index (κ2) is 5.46. The van der Waals surface area contributed by atoms with Gasteiger partial charge in [0.25, 0.3) is 0 Å². The Hall–Kier alpha value is -1.46. The van der Waals surface area contributed by atoms with Crippen LogP contribution in [0.3, 0.4) is 0 Å². The lowest BCUT2D eigenvalue weighted by molar-refractivity contribution is 0.579. The van der Waals surface area contributed by atoms with E-state index in [1.165, 1.54) is 0 Å². The number of benzene rings is 1. The largest absolute Gasteiger partial charge is 0.264 e. The summed E-state index contributed by atoms with van der Waals surface area (Å²) in [5, 5.41) is 1.53. The zero-order chi connectivity index (χ0) is 13.0. The predicted molar refractivity (Wildman–Crippen MR) is 71.8 cm³/mol. The molecule has 0 atom stereocenters. The van der Waals surface area contributed by atoms with Gasteiger partial charge in [0.1, 0.15) is 0 Å². The fraction of sp³-hybridized carbons (Fsp3) is 0.308. The minimum Gasteiger partial charge on any atom is -0.264 e. The van der Waals surface area contributed by atoms with Crippen LogP contribution >= 0.6 is 0 Å². The molecule has 2 aromatic rings. The van der Waals surface area contributed by atoms with E-state index in [2.05, 4.69) is 9.71 Å². The molecule has 4 nitrogen and oxygen atoms in total. The molecule has 1 aromatic heterocycles. The number of aromatic nitrogens is 1. The summed E-state index contributed by atoms with van der Waals surface area (Å²) in [6.07, 6.45) is 5.07. The molecule has 96 valence electrons. The van der Waals surface area contributed by atoms with Gasteiger partial charge in [0.15, 0.2) is 0 Å². The molecule has 0 aliphatic heterocycles. The lowest BCUT2D eigenvalue weighted by Gasteiger charge is -2.08. The van der Waals surface area contributed by atoms with Crippen LogP contribution in [-0.4, -0.2) is 19.9 Å². The number of pyridine rings is 1. The van der Waals surface area contributed by atoms with Crippen LogP contribution in [-0.2, 0) is 10.0 Å². The Morgan fingerprint density at radius 2 is 2.11 bits per heavy atom. The van der Waals surface area contributed by atoms with Crippen molar-refractivity contribution in [2.75, 3.05) is 6.54 Å². The van der Waals surface area contributed by atoms with Gasteiger partial charge in [0.2, 0.25) is 10.0 Å². The molecule has 1 heterocycles. The monoisotopic (exact) mass is 264 g/mol. The first-order chi connectivity index (χ1) is 8.65. The van der Waals surface area contributed by atoms with E-state index in [1.54, 1.807) is 30.6 Å². The van der Waals surface area contributed by atoms with E-state index in [9.17, 15) is 8.42 Å². The minimum absolute atomic E-state index is 0.318. The van der Waals surface area contributed by atoms with E-state index >= 15 is 0 Å². The average Bonchev–Trinajstić information content (AvgIpc) is 2.38. The Labute approximate surface area is 107 Å². The summed E-state index contributed by atoms with van der Waals surface area (Å²) < 4.78 is 27.0. The van der Waals surface area contributed by atoms with E-state index in [-0.39, 0.29) is 0 Å². The fourth-order valence-corrected chi connectivity index (χ4v) is 3.09. The van der Waals surface area contributed by atoms with Crippen LogP contribution in [0.1, 0.15) is 19.8 Å². The van der Waals surface area contributed by atoms with Crippen LogP contribution in [0.15, 0.2) is 41.6 Å². The molecule has 0 saturated heterocycles. The highest BCUT2D eigenvalue weighted by Crippen LogP contribution is 2.21. The molecule has 0 saturated carbocycles. The second-order valence-corrected chi connectivity index (χ2v) is 5.84. The molecule has 5 heteroatoms. The fourth-order valence-electron chi connectivity index (χ4n) is 1.79. The maximum atomic E-state index is 12.2. The van der Waals surface area contributed by atoms with Crippen molar-refractivity contribution in [3.05, 3.63) is 36.7 Å². The van der Waals surface area contributed by atoms with Gasteiger partial charge in [-0.25, -0.2) is 13.1 Å². The summed E-state index contributed by atoms with van der Waals surface area (Å²) in [4.78, 5) is 4.31. The highest BCUT2D eigenvalue weighted by molar-refractivity contribution is 7.89. The summed E-state index contributed by atoms with van der Waals surface area (Å²) in [6, 6.07) is 6.94. The molecule has 0 bridgehead atoms. The highest BCUT2D eigenvalue weighted by atomic mass is 32.2. The molecule has 0 amide bonds. The van der Waals surface area contributed by atoms with Gasteiger partial charge in [0.05, 0.1) is 4.90 Å². The number of nitrogens with zero attached hydrogens (tertiary/aromatic N) is 1. The van der Waals surface area contributed by atoms with Crippen LogP contribution in [0, 0.1) is 0 Å². The van der Waals surface area contributed by atoms with E-state index in [0.29, 0.717) is 16.8 Å². The third-order valence-electron chi connectivity index (χ3n) is 2.75. The molecule has 2 rings (SSSR count). The molecular weight excluding hydrogens is 248 g/mol. The maximum absolute atomic E-state index is 12.2. The molecule has 0 unspecified atom stereocenters. The van der Waals surface area contributed by atoms with Crippen molar-refractivity contribution in [1.29, 1.82) is 0 Å². The Kier molecular flexibility index (Phi) is 3.93. The predicted octanol–water partition coefficient (Wildman–Crippen LogP) is 2.31. The van der Waals surface area contributed by atoms with Gasteiger partial charge in [-0.05, 0) is 18.6 Å². The van der Waals surface area contributed by atoms with Crippen LogP contribution < -0.4 is 4.72 Å². The van der Waals surface area contributed by atoms with Gasteiger partial charge < -0.3 is 0 Å². The second-order valence-electron chi connectivity index (χ2n) is 4.10. The summed E-state index contributed by atoms with van der Waals surface area (Å²) in [5.41, 5.74) is 0. The summed E-state index contributed by atoms with van der Waals surface area (Å²) in [6.45, 7) is 2.50. The Morgan fingerprint density at radius 3 is 2.89 bits per heavy atom. The van der Waals surface area contributed by atoms with Crippen LogP contribution in [0.25, 0.3) is 10.8 Å². The molecule has 0 aliphatic carbocycles. The maximum Gasteiger partial charge on any atom is 0.241 e. The van der Waals surface area contributed by atoms with Gasteiger partial charge in [-0.3, -0.25) is 4.98 Å². The first-order valence-electron chi connectivity index (χ1n) is 5.97. The van der Waals surface area contributed by atoms with Gasteiger partial charge in [-0.1, -0.05) is 25.5 Å². The van der Waals surface area contributed by atoms with Gasteiger partial charge in [-0.15, -0.1) is 0 Å². The van der Waals surface area contributed by atoms with Crippen LogP contribution in [0.4, 0.5) is 0 Å². The SMILES string of the molecule is CCCCNS(=O)(=O)c1cccc2cnccc12. The van der Waals surface area contributed by atoms with Crippen molar-refractivity contribution in [2.24, 2.45) is 0 Å². The van der Waals surface area contributed by atoms with Gasteiger partial charge >= 0.3 is 0 Å². The third-order valence-corrected chi connectivity index (χ3v) is 4.27. The number of fused-ring (bicyclic) bond motifs is 1. The normalized spacial score (nSPS) is 11.8. The number of nitrogens with one attached hydrogen (secondary N) is 1. The van der Waals surface area contributed by atoms with Crippen molar-refractivity contribution >= 4 is 20.8 Å². The summed E-state index contributed by atoms with van der Waals surface area (Å²) in [7, 11) is -3.44. The van der Waals surface area contributed by atoms with Crippen molar-refractivity contribution in [2.45, 2.75) is 24.7 Å². The average molecular weight is 264 g/mol. The van der Waals surface area contributed by atoms with Crippen molar-refractivity contribution in [3.8, 4) is 0 Å². The lowest BCUT2D eigenvalue weighted by Crippen LogP contribution is -2.24. The Bertz CT molecular complexity index is 633. The van der Waals surface area contributed by atoms with Crippen molar-refractivity contribution in [1.82, 2.24) is 9.71 Å². The summed E-state index contributed by atoms with van der Waals surface area (Å²) in [5.74, 6) is 0. The third kappa shape index (κ3) is 2.68. The Morgan fingerprint density at radius 1 is 1.28 bits per heavy atom. The number of sulfonamides is 1. The highest BCUT2D eigenvalue weighted by Gasteiger charge is 2.16. The smallest absolute Gasteiger partial charge is 0.241 e. The molecule has 18 heavy (non-hydrogen) atoms. The molecule has 0 aliphatic rings. The lowest BCUT2D eigenvalue weighted by atomic mass is 10.2. The van der Waals surface area contributed by atoms with Gasteiger partial charge in [0, 0.05) is 29.7 Å². The first-order valence-corrected chi connectivity index (χ1v) is 7.46. The first kappa shape index (κ1) is 13.0. The number of hydrogen-bond donors (Lipinski definition) is 1. The number of hydrogen-bond acceptors (Lipinski definition) is 3. The molecule has 0 fully saturated rings.